The van der Waals surface area contributed by atoms with Gasteiger partial charge in [-0.25, -0.2) is 0 Å². The van der Waals surface area contributed by atoms with Crippen LogP contribution in [0.25, 0.3) is 0 Å². The van der Waals surface area contributed by atoms with Gasteiger partial charge in [-0.1, -0.05) is 23.7 Å². The molecule has 108 valence electrons. The molecule has 0 fully saturated rings. The fourth-order valence-corrected chi connectivity index (χ4v) is 2.12. The van der Waals surface area contributed by atoms with Crippen molar-refractivity contribution in [3.8, 4) is 0 Å². The van der Waals surface area contributed by atoms with E-state index in [-0.39, 0.29) is 16.3 Å². The second-order valence-electron chi connectivity index (χ2n) is 4.62. The summed E-state index contributed by atoms with van der Waals surface area (Å²) in [6.45, 7) is 1.92. The molecule has 0 saturated carbocycles. The number of nitrogens with zero attached hydrogens (tertiary/aromatic N) is 2. The molecule has 0 N–H and O–H groups in total. The Morgan fingerprint density at radius 3 is 2.57 bits per heavy atom. The van der Waals surface area contributed by atoms with Crippen LogP contribution in [0, 0.1) is 17.0 Å². The Morgan fingerprint density at radius 1 is 1.24 bits per heavy atom. The highest BCUT2D eigenvalue weighted by Crippen LogP contribution is 2.25. The van der Waals surface area contributed by atoms with Gasteiger partial charge in [0.2, 0.25) is 0 Å². The maximum atomic E-state index is 12.5. The number of rotatable bonds is 3. The molecular formula is C15H13ClN2O3. The largest absolute Gasteiger partial charge is 0.311 e. The molecule has 0 atom stereocenters. The minimum absolute atomic E-state index is 0.106. The van der Waals surface area contributed by atoms with Crippen molar-refractivity contribution >= 4 is 28.9 Å². The molecule has 2 aromatic rings. The molecule has 0 heterocycles. The average molecular weight is 305 g/mol. The SMILES string of the molecule is Cc1cccc(N(C)C(=O)c2cc([N+](=O)[O-])ccc2Cl)c1. The first-order valence-corrected chi connectivity index (χ1v) is 6.56. The molecule has 0 aliphatic rings. The van der Waals surface area contributed by atoms with E-state index >= 15 is 0 Å². The number of amides is 1. The summed E-state index contributed by atoms with van der Waals surface area (Å²) in [6, 6.07) is 11.2. The molecule has 21 heavy (non-hydrogen) atoms. The van der Waals surface area contributed by atoms with E-state index in [1.165, 1.54) is 23.1 Å². The lowest BCUT2D eigenvalue weighted by Gasteiger charge is -2.18. The molecule has 0 saturated heterocycles. The van der Waals surface area contributed by atoms with Crippen LogP contribution < -0.4 is 4.90 Å². The average Bonchev–Trinajstić information content (AvgIpc) is 2.46. The Bertz CT molecular complexity index is 716. The maximum absolute atomic E-state index is 12.5. The van der Waals surface area contributed by atoms with Crippen LogP contribution in [0.2, 0.25) is 5.02 Å². The summed E-state index contributed by atoms with van der Waals surface area (Å²) < 4.78 is 0. The standard InChI is InChI=1S/C15H13ClN2O3/c1-10-4-3-5-11(8-10)17(2)15(19)13-9-12(18(20)21)6-7-14(13)16/h3-9H,1-2H3. The van der Waals surface area contributed by atoms with Crippen LogP contribution in [0.1, 0.15) is 15.9 Å². The number of non-ortho nitro benzene ring substituents is 1. The minimum atomic E-state index is -0.556. The lowest BCUT2D eigenvalue weighted by Crippen LogP contribution is -2.26. The van der Waals surface area contributed by atoms with Gasteiger partial charge in [-0.2, -0.15) is 0 Å². The Kier molecular flexibility index (Phi) is 4.23. The fraction of sp³-hybridized carbons (Fsp3) is 0.133. The van der Waals surface area contributed by atoms with Gasteiger partial charge in [0.1, 0.15) is 0 Å². The smallest absolute Gasteiger partial charge is 0.270 e. The van der Waals surface area contributed by atoms with Crippen LogP contribution in [-0.4, -0.2) is 17.9 Å². The van der Waals surface area contributed by atoms with Crippen molar-refractivity contribution in [2.45, 2.75) is 6.92 Å². The molecule has 2 rings (SSSR count). The number of nitro benzene ring substituents is 1. The number of aryl methyl sites for hydroxylation is 1. The quantitative estimate of drug-likeness (QED) is 0.639. The monoisotopic (exact) mass is 304 g/mol. The van der Waals surface area contributed by atoms with E-state index < -0.39 is 10.8 Å². The first-order chi connectivity index (χ1) is 9.90. The third-order valence-corrected chi connectivity index (χ3v) is 3.41. The zero-order valence-electron chi connectivity index (χ0n) is 11.5. The highest BCUT2D eigenvalue weighted by molar-refractivity contribution is 6.34. The van der Waals surface area contributed by atoms with Crippen LogP contribution in [0.5, 0.6) is 0 Å². The van der Waals surface area contributed by atoms with Crippen LogP contribution >= 0.6 is 11.6 Å². The second-order valence-corrected chi connectivity index (χ2v) is 5.03. The number of hydrogen-bond donors (Lipinski definition) is 0. The third kappa shape index (κ3) is 3.20. The van der Waals surface area contributed by atoms with Crippen molar-refractivity contribution in [1.82, 2.24) is 0 Å². The van der Waals surface area contributed by atoms with Gasteiger partial charge in [-0.05, 0) is 30.7 Å². The molecule has 1 amide bonds. The summed E-state index contributed by atoms with van der Waals surface area (Å²) in [5.41, 5.74) is 1.65. The zero-order chi connectivity index (χ0) is 15.6. The highest BCUT2D eigenvalue weighted by atomic mass is 35.5. The van der Waals surface area contributed by atoms with Gasteiger partial charge in [0.15, 0.2) is 0 Å². The van der Waals surface area contributed by atoms with Crippen LogP contribution in [-0.2, 0) is 0 Å². The summed E-state index contributed by atoms with van der Waals surface area (Å²) >= 11 is 5.99. The Labute approximate surface area is 126 Å². The molecule has 5 nitrogen and oxygen atoms in total. The van der Waals surface area contributed by atoms with Crippen molar-refractivity contribution < 1.29 is 9.72 Å². The predicted octanol–water partition coefficient (Wildman–Crippen LogP) is 3.83. The number of hydrogen-bond acceptors (Lipinski definition) is 3. The summed E-state index contributed by atoms with van der Waals surface area (Å²) in [5.74, 6) is -0.394. The van der Waals surface area contributed by atoms with Crippen LogP contribution in [0.15, 0.2) is 42.5 Å². The maximum Gasteiger partial charge on any atom is 0.270 e. The first kappa shape index (κ1) is 15.0. The fourth-order valence-electron chi connectivity index (χ4n) is 1.93. The summed E-state index contributed by atoms with van der Waals surface area (Å²) in [4.78, 5) is 24.1. The Morgan fingerprint density at radius 2 is 1.95 bits per heavy atom. The number of halogens is 1. The number of carbonyl (C=O) groups excluding carboxylic acids is 1. The molecule has 0 aromatic heterocycles. The van der Waals surface area contributed by atoms with Crippen molar-refractivity contribution in [2.75, 3.05) is 11.9 Å². The number of nitro groups is 1. The molecule has 0 radical (unpaired) electrons. The van der Waals surface area contributed by atoms with Gasteiger partial charge < -0.3 is 4.90 Å². The van der Waals surface area contributed by atoms with E-state index in [0.29, 0.717) is 5.69 Å². The molecule has 0 bridgehead atoms. The van der Waals surface area contributed by atoms with Crippen molar-refractivity contribution in [3.05, 3.63) is 68.7 Å². The first-order valence-electron chi connectivity index (χ1n) is 6.19. The minimum Gasteiger partial charge on any atom is -0.311 e. The van der Waals surface area contributed by atoms with Crippen LogP contribution in [0.3, 0.4) is 0 Å². The second kappa shape index (κ2) is 5.93. The lowest BCUT2D eigenvalue weighted by atomic mass is 10.1. The topological polar surface area (TPSA) is 63.5 Å². The van der Waals surface area contributed by atoms with Gasteiger partial charge in [0, 0.05) is 24.9 Å². The molecule has 0 aliphatic heterocycles. The third-order valence-electron chi connectivity index (χ3n) is 3.08. The highest BCUT2D eigenvalue weighted by Gasteiger charge is 2.20. The summed E-state index contributed by atoms with van der Waals surface area (Å²) in [7, 11) is 1.60. The van der Waals surface area contributed by atoms with Gasteiger partial charge >= 0.3 is 0 Å². The molecule has 6 heteroatoms. The summed E-state index contributed by atoms with van der Waals surface area (Å²) in [5, 5.41) is 11.0. The predicted molar refractivity (Wildman–Crippen MR) is 82.0 cm³/mol. The van der Waals surface area contributed by atoms with Crippen molar-refractivity contribution in [2.24, 2.45) is 0 Å². The zero-order valence-corrected chi connectivity index (χ0v) is 12.3. The Hall–Kier alpha value is -2.40. The molecular weight excluding hydrogens is 292 g/mol. The molecule has 0 aliphatic carbocycles. The normalized spacial score (nSPS) is 10.2. The van der Waals surface area contributed by atoms with Gasteiger partial charge in [0.25, 0.3) is 11.6 Å². The van der Waals surface area contributed by atoms with Gasteiger partial charge in [0.05, 0.1) is 15.5 Å². The van der Waals surface area contributed by atoms with E-state index in [0.717, 1.165) is 5.56 Å². The van der Waals surface area contributed by atoms with Crippen LogP contribution in [0.4, 0.5) is 11.4 Å². The number of carbonyl (C=O) groups is 1. The summed E-state index contributed by atoms with van der Waals surface area (Å²) in [6.07, 6.45) is 0. The van der Waals surface area contributed by atoms with E-state index in [9.17, 15) is 14.9 Å². The molecule has 2 aromatic carbocycles. The molecule has 0 unspecified atom stereocenters. The van der Waals surface area contributed by atoms with E-state index in [1.807, 2.05) is 25.1 Å². The lowest BCUT2D eigenvalue weighted by molar-refractivity contribution is -0.384. The van der Waals surface area contributed by atoms with E-state index in [4.69, 9.17) is 11.6 Å². The van der Waals surface area contributed by atoms with Crippen molar-refractivity contribution in [3.63, 3.8) is 0 Å². The van der Waals surface area contributed by atoms with Crippen molar-refractivity contribution in [1.29, 1.82) is 0 Å². The van der Waals surface area contributed by atoms with E-state index in [1.54, 1.807) is 13.1 Å². The Balaban J connectivity index is 2.39. The van der Waals surface area contributed by atoms with Gasteiger partial charge in [-0.3, -0.25) is 14.9 Å². The number of benzene rings is 2. The molecule has 0 spiro atoms. The van der Waals surface area contributed by atoms with Gasteiger partial charge in [-0.15, -0.1) is 0 Å². The number of anilines is 1. The van der Waals surface area contributed by atoms with E-state index in [2.05, 4.69) is 0 Å².